The second kappa shape index (κ2) is 7.90. The van der Waals surface area contributed by atoms with Crippen molar-refractivity contribution in [1.29, 1.82) is 0 Å². The normalized spacial score (nSPS) is 12.7. The van der Waals surface area contributed by atoms with Gasteiger partial charge in [-0.25, -0.2) is 0 Å². The number of hydrogen-bond acceptors (Lipinski definition) is 3. The molecule has 0 amide bonds. The molecule has 1 unspecified atom stereocenters. The number of halogens is 2. The van der Waals surface area contributed by atoms with E-state index in [1.54, 1.807) is 6.07 Å². The lowest BCUT2D eigenvalue weighted by atomic mass is 10.1. The van der Waals surface area contributed by atoms with Crippen LogP contribution in [0.25, 0.3) is 0 Å². The molecule has 0 bridgehead atoms. The summed E-state index contributed by atoms with van der Waals surface area (Å²) in [6.07, 6.45) is 1.72. The molecule has 5 heteroatoms. The molecule has 1 aromatic carbocycles. The minimum atomic E-state index is 0.0558. The molecule has 0 radical (unpaired) electrons. The third kappa shape index (κ3) is 5.23. The van der Waals surface area contributed by atoms with Crippen molar-refractivity contribution < 1.29 is 4.74 Å². The van der Waals surface area contributed by atoms with Crippen LogP contribution in [0.15, 0.2) is 18.2 Å². The van der Waals surface area contributed by atoms with Crippen LogP contribution >= 0.6 is 23.2 Å². The van der Waals surface area contributed by atoms with Crippen molar-refractivity contribution in [2.75, 3.05) is 13.2 Å². The van der Waals surface area contributed by atoms with Crippen molar-refractivity contribution in [2.45, 2.75) is 25.8 Å². The standard InChI is InChI=1S/C12H18Cl2N2O/c1-2-5-17-8-11(16-15)6-9-3-4-10(13)7-12(9)14/h3-4,7,11,16H,2,5-6,8,15H2,1H3. The topological polar surface area (TPSA) is 47.3 Å². The van der Waals surface area contributed by atoms with Gasteiger partial charge in [0.1, 0.15) is 0 Å². The van der Waals surface area contributed by atoms with Gasteiger partial charge in [-0.15, -0.1) is 0 Å². The maximum atomic E-state index is 6.10. The van der Waals surface area contributed by atoms with Crippen LogP contribution in [0.1, 0.15) is 18.9 Å². The van der Waals surface area contributed by atoms with Crippen LogP contribution < -0.4 is 11.3 Å². The minimum Gasteiger partial charge on any atom is -0.380 e. The molecule has 0 aliphatic carbocycles. The molecular formula is C12H18Cl2N2O. The van der Waals surface area contributed by atoms with Crippen molar-refractivity contribution in [2.24, 2.45) is 5.84 Å². The van der Waals surface area contributed by atoms with E-state index in [2.05, 4.69) is 12.3 Å². The fourth-order valence-corrected chi connectivity index (χ4v) is 1.97. The lowest BCUT2D eigenvalue weighted by molar-refractivity contribution is 0.112. The van der Waals surface area contributed by atoms with Crippen LogP contribution in [0, 0.1) is 0 Å². The van der Waals surface area contributed by atoms with Crippen molar-refractivity contribution in [3.8, 4) is 0 Å². The van der Waals surface area contributed by atoms with Crippen LogP contribution in [0.4, 0.5) is 0 Å². The van der Waals surface area contributed by atoms with Gasteiger partial charge in [0.15, 0.2) is 0 Å². The molecule has 0 heterocycles. The smallest absolute Gasteiger partial charge is 0.0636 e. The lowest BCUT2D eigenvalue weighted by Crippen LogP contribution is -2.40. The summed E-state index contributed by atoms with van der Waals surface area (Å²) in [6, 6.07) is 5.53. The van der Waals surface area contributed by atoms with Gasteiger partial charge in [-0.2, -0.15) is 0 Å². The van der Waals surface area contributed by atoms with Crippen LogP contribution in [-0.2, 0) is 11.2 Å². The van der Waals surface area contributed by atoms with E-state index in [0.717, 1.165) is 25.0 Å². The predicted octanol–water partition coefficient (Wildman–Crippen LogP) is 2.79. The van der Waals surface area contributed by atoms with Crippen molar-refractivity contribution in [3.63, 3.8) is 0 Å². The largest absolute Gasteiger partial charge is 0.380 e. The maximum absolute atomic E-state index is 6.10. The summed E-state index contributed by atoms with van der Waals surface area (Å²) in [4.78, 5) is 0. The molecule has 1 atom stereocenters. The highest BCUT2D eigenvalue weighted by molar-refractivity contribution is 6.35. The highest BCUT2D eigenvalue weighted by atomic mass is 35.5. The number of benzene rings is 1. The SMILES string of the molecule is CCCOCC(Cc1ccc(Cl)cc1Cl)NN. The number of rotatable bonds is 7. The van der Waals surface area contributed by atoms with E-state index >= 15 is 0 Å². The quantitative estimate of drug-likeness (QED) is 0.457. The molecule has 1 aromatic rings. The Kier molecular flexibility index (Phi) is 6.85. The van der Waals surface area contributed by atoms with Gasteiger partial charge in [0.2, 0.25) is 0 Å². The third-order valence-corrected chi connectivity index (χ3v) is 2.97. The van der Waals surface area contributed by atoms with E-state index in [9.17, 15) is 0 Å². The Hall–Kier alpha value is -0.320. The molecule has 0 aliphatic rings. The second-order valence-corrected chi connectivity index (χ2v) is 4.72. The Balaban J connectivity index is 2.54. The Bertz CT molecular complexity index is 347. The molecule has 3 nitrogen and oxygen atoms in total. The molecule has 0 aromatic heterocycles. The van der Waals surface area contributed by atoms with Gasteiger partial charge in [-0.1, -0.05) is 36.2 Å². The van der Waals surface area contributed by atoms with Gasteiger partial charge in [-0.05, 0) is 30.5 Å². The number of nitrogens with one attached hydrogen (secondary N) is 1. The second-order valence-electron chi connectivity index (χ2n) is 3.88. The minimum absolute atomic E-state index is 0.0558. The van der Waals surface area contributed by atoms with Crippen LogP contribution in [0.2, 0.25) is 10.0 Å². The maximum Gasteiger partial charge on any atom is 0.0636 e. The number of hydrogen-bond donors (Lipinski definition) is 2. The summed E-state index contributed by atoms with van der Waals surface area (Å²) in [7, 11) is 0. The average molecular weight is 277 g/mol. The summed E-state index contributed by atoms with van der Waals surface area (Å²) in [5.41, 5.74) is 3.75. The zero-order valence-corrected chi connectivity index (χ0v) is 11.4. The summed E-state index contributed by atoms with van der Waals surface area (Å²) < 4.78 is 5.46. The van der Waals surface area contributed by atoms with Crippen molar-refractivity contribution in [1.82, 2.24) is 5.43 Å². The molecule has 17 heavy (non-hydrogen) atoms. The van der Waals surface area contributed by atoms with Gasteiger partial charge < -0.3 is 4.74 Å². The van der Waals surface area contributed by atoms with E-state index in [1.165, 1.54) is 0 Å². The Morgan fingerprint density at radius 3 is 2.76 bits per heavy atom. The lowest BCUT2D eigenvalue weighted by Gasteiger charge is -2.16. The highest BCUT2D eigenvalue weighted by Gasteiger charge is 2.10. The summed E-state index contributed by atoms with van der Waals surface area (Å²) >= 11 is 11.9. The first-order valence-corrected chi connectivity index (χ1v) is 6.40. The fourth-order valence-electron chi connectivity index (χ4n) is 1.49. The summed E-state index contributed by atoms with van der Waals surface area (Å²) in [5, 5.41) is 1.30. The first-order valence-electron chi connectivity index (χ1n) is 5.65. The van der Waals surface area contributed by atoms with Crippen molar-refractivity contribution in [3.05, 3.63) is 33.8 Å². The predicted molar refractivity (Wildman–Crippen MR) is 72.4 cm³/mol. The van der Waals surface area contributed by atoms with E-state index in [4.69, 9.17) is 33.8 Å². The average Bonchev–Trinajstić information content (AvgIpc) is 2.31. The molecule has 0 spiro atoms. The Morgan fingerprint density at radius 2 is 2.18 bits per heavy atom. The molecule has 1 rings (SSSR count). The first-order chi connectivity index (χ1) is 8.17. The van der Waals surface area contributed by atoms with Crippen LogP contribution in [0.5, 0.6) is 0 Å². The van der Waals surface area contributed by atoms with E-state index < -0.39 is 0 Å². The summed E-state index contributed by atoms with van der Waals surface area (Å²) in [6.45, 7) is 3.39. The van der Waals surface area contributed by atoms with E-state index in [0.29, 0.717) is 16.7 Å². The monoisotopic (exact) mass is 276 g/mol. The molecule has 0 saturated carbocycles. The molecule has 3 N–H and O–H groups in total. The molecule has 0 fully saturated rings. The van der Waals surface area contributed by atoms with Gasteiger partial charge in [0, 0.05) is 22.7 Å². The van der Waals surface area contributed by atoms with Crippen molar-refractivity contribution >= 4 is 23.2 Å². The molecule has 0 aliphatic heterocycles. The first kappa shape index (κ1) is 14.7. The fraction of sp³-hybridized carbons (Fsp3) is 0.500. The number of hydrazine groups is 1. The molecule has 0 saturated heterocycles. The van der Waals surface area contributed by atoms with Crippen LogP contribution in [-0.4, -0.2) is 19.3 Å². The van der Waals surface area contributed by atoms with Gasteiger partial charge in [-0.3, -0.25) is 11.3 Å². The molecule has 96 valence electrons. The van der Waals surface area contributed by atoms with Gasteiger partial charge in [0.05, 0.1) is 6.61 Å². The van der Waals surface area contributed by atoms with Crippen LogP contribution in [0.3, 0.4) is 0 Å². The van der Waals surface area contributed by atoms with Gasteiger partial charge in [0.25, 0.3) is 0 Å². The number of ether oxygens (including phenoxy) is 1. The summed E-state index contributed by atoms with van der Waals surface area (Å²) in [5.74, 6) is 5.48. The van der Waals surface area contributed by atoms with E-state index in [-0.39, 0.29) is 6.04 Å². The zero-order chi connectivity index (χ0) is 12.7. The van der Waals surface area contributed by atoms with E-state index in [1.807, 2.05) is 12.1 Å². The Morgan fingerprint density at radius 1 is 1.41 bits per heavy atom. The highest BCUT2D eigenvalue weighted by Crippen LogP contribution is 2.22. The number of nitrogens with two attached hydrogens (primary N) is 1. The Labute approximate surface area is 112 Å². The van der Waals surface area contributed by atoms with Gasteiger partial charge >= 0.3 is 0 Å². The molecular weight excluding hydrogens is 259 g/mol. The third-order valence-electron chi connectivity index (χ3n) is 2.38. The zero-order valence-electron chi connectivity index (χ0n) is 9.88.